The van der Waals surface area contributed by atoms with E-state index in [0.29, 0.717) is 33.7 Å². The third-order valence-electron chi connectivity index (χ3n) is 3.90. The lowest BCUT2D eigenvalue weighted by Gasteiger charge is -2.05. The summed E-state index contributed by atoms with van der Waals surface area (Å²) in [7, 11) is 0. The van der Waals surface area contributed by atoms with Crippen molar-refractivity contribution in [3.8, 4) is 0 Å². The van der Waals surface area contributed by atoms with Gasteiger partial charge in [-0.2, -0.15) is 0 Å². The summed E-state index contributed by atoms with van der Waals surface area (Å²) in [6.45, 7) is 1.89. The van der Waals surface area contributed by atoms with Crippen LogP contribution in [-0.2, 0) is 17.8 Å². The molecule has 0 unspecified atom stereocenters. The van der Waals surface area contributed by atoms with Gasteiger partial charge in [0, 0.05) is 46.6 Å². The van der Waals surface area contributed by atoms with Gasteiger partial charge in [-0.15, -0.1) is 11.3 Å². The SMILES string of the molecule is CC(=O)NCc1ccc(C(=O)Nc2ncc(Cc3cc(Cl)ccc3Cl)s2)cc1. The van der Waals surface area contributed by atoms with Gasteiger partial charge < -0.3 is 5.32 Å². The molecule has 0 atom stereocenters. The first-order chi connectivity index (χ1) is 13.4. The third-order valence-corrected chi connectivity index (χ3v) is 5.42. The Morgan fingerprint density at radius 2 is 1.86 bits per heavy atom. The summed E-state index contributed by atoms with van der Waals surface area (Å²) in [6.07, 6.45) is 2.30. The smallest absolute Gasteiger partial charge is 0.257 e. The van der Waals surface area contributed by atoms with Crippen LogP contribution in [0.5, 0.6) is 0 Å². The number of amides is 2. The minimum Gasteiger partial charge on any atom is -0.352 e. The van der Waals surface area contributed by atoms with Crippen LogP contribution < -0.4 is 10.6 Å². The van der Waals surface area contributed by atoms with E-state index >= 15 is 0 Å². The molecule has 144 valence electrons. The zero-order valence-corrected chi connectivity index (χ0v) is 17.3. The molecule has 28 heavy (non-hydrogen) atoms. The standard InChI is InChI=1S/C20H17Cl2N3O2S/c1-12(26)23-10-13-2-4-14(5-3-13)19(27)25-20-24-11-17(28-20)9-15-8-16(21)6-7-18(15)22/h2-8,11H,9-10H2,1H3,(H,23,26)(H,24,25,27). The summed E-state index contributed by atoms with van der Waals surface area (Å²) in [5.41, 5.74) is 2.34. The maximum absolute atomic E-state index is 12.4. The zero-order chi connectivity index (χ0) is 20.1. The molecule has 5 nitrogen and oxygen atoms in total. The predicted octanol–water partition coefficient (Wildman–Crippen LogP) is 4.93. The van der Waals surface area contributed by atoms with E-state index in [2.05, 4.69) is 15.6 Å². The molecule has 0 radical (unpaired) electrons. The van der Waals surface area contributed by atoms with Crippen LogP contribution in [0.15, 0.2) is 48.7 Å². The molecular formula is C20H17Cl2N3O2S. The normalized spacial score (nSPS) is 10.5. The minimum absolute atomic E-state index is 0.0968. The Kier molecular flexibility index (Phi) is 6.67. The molecule has 1 heterocycles. The topological polar surface area (TPSA) is 71.1 Å². The lowest BCUT2D eigenvalue weighted by atomic mass is 10.1. The average Bonchev–Trinajstić information content (AvgIpc) is 3.10. The summed E-state index contributed by atoms with van der Waals surface area (Å²) < 4.78 is 0. The molecule has 0 fully saturated rings. The van der Waals surface area contributed by atoms with Gasteiger partial charge in [0.15, 0.2) is 5.13 Å². The fourth-order valence-corrected chi connectivity index (χ4v) is 3.69. The maximum atomic E-state index is 12.4. The van der Waals surface area contributed by atoms with Gasteiger partial charge in [0.05, 0.1) is 0 Å². The molecule has 3 aromatic rings. The van der Waals surface area contributed by atoms with E-state index in [4.69, 9.17) is 23.2 Å². The lowest BCUT2D eigenvalue weighted by Crippen LogP contribution is -2.19. The summed E-state index contributed by atoms with van der Waals surface area (Å²) in [6, 6.07) is 12.4. The van der Waals surface area contributed by atoms with Crippen molar-refractivity contribution in [1.82, 2.24) is 10.3 Å². The molecule has 0 saturated carbocycles. The van der Waals surface area contributed by atoms with E-state index in [1.165, 1.54) is 18.3 Å². The number of thiazole rings is 1. The summed E-state index contributed by atoms with van der Waals surface area (Å²) in [5, 5.41) is 7.29. The van der Waals surface area contributed by atoms with E-state index in [-0.39, 0.29) is 11.8 Å². The quantitative estimate of drug-likeness (QED) is 0.578. The molecule has 3 rings (SSSR count). The lowest BCUT2D eigenvalue weighted by molar-refractivity contribution is -0.119. The van der Waals surface area contributed by atoms with Crippen molar-refractivity contribution < 1.29 is 9.59 Å². The Hall–Kier alpha value is -2.41. The van der Waals surface area contributed by atoms with Crippen molar-refractivity contribution in [3.05, 3.63) is 80.3 Å². The highest BCUT2D eigenvalue weighted by molar-refractivity contribution is 7.15. The molecule has 2 amide bonds. The number of nitrogens with one attached hydrogen (secondary N) is 2. The largest absolute Gasteiger partial charge is 0.352 e. The molecule has 8 heteroatoms. The van der Waals surface area contributed by atoms with E-state index in [0.717, 1.165) is 16.0 Å². The van der Waals surface area contributed by atoms with Gasteiger partial charge in [0.1, 0.15) is 0 Å². The van der Waals surface area contributed by atoms with E-state index in [1.807, 2.05) is 6.07 Å². The maximum Gasteiger partial charge on any atom is 0.257 e. The highest BCUT2D eigenvalue weighted by Crippen LogP contribution is 2.27. The number of anilines is 1. The van der Waals surface area contributed by atoms with Crippen LogP contribution in [0.1, 0.15) is 33.3 Å². The average molecular weight is 434 g/mol. The molecule has 0 aliphatic heterocycles. The van der Waals surface area contributed by atoms with Crippen LogP contribution in [0.25, 0.3) is 0 Å². The molecule has 1 aromatic heterocycles. The van der Waals surface area contributed by atoms with Gasteiger partial charge in [0.2, 0.25) is 5.91 Å². The number of aromatic nitrogens is 1. The van der Waals surface area contributed by atoms with Gasteiger partial charge in [-0.25, -0.2) is 4.98 Å². The first-order valence-corrected chi connectivity index (χ1v) is 10.0. The van der Waals surface area contributed by atoms with Crippen LogP contribution in [0.3, 0.4) is 0 Å². The van der Waals surface area contributed by atoms with Gasteiger partial charge in [0.25, 0.3) is 5.91 Å². The predicted molar refractivity (Wildman–Crippen MR) is 113 cm³/mol. The fraction of sp³-hybridized carbons (Fsp3) is 0.150. The monoisotopic (exact) mass is 433 g/mol. The molecule has 0 aliphatic rings. The molecule has 2 aromatic carbocycles. The number of rotatable bonds is 6. The van der Waals surface area contributed by atoms with Gasteiger partial charge in [-0.1, -0.05) is 35.3 Å². The summed E-state index contributed by atoms with van der Waals surface area (Å²) in [5.74, 6) is -0.340. The van der Waals surface area contributed by atoms with Crippen molar-refractivity contribution in [1.29, 1.82) is 0 Å². The second-order valence-electron chi connectivity index (χ2n) is 6.11. The molecule has 0 aliphatic carbocycles. The van der Waals surface area contributed by atoms with Gasteiger partial charge in [-0.05, 0) is 41.5 Å². The van der Waals surface area contributed by atoms with Gasteiger partial charge >= 0.3 is 0 Å². The minimum atomic E-state index is -0.243. The van der Waals surface area contributed by atoms with Crippen molar-refractivity contribution in [3.63, 3.8) is 0 Å². The Morgan fingerprint density at radius 1 is 1.11 bits per heavy atom. The molecule has 0 bridgehead atoms. The Morgan fingerprint density at radius 3 is 2.57 bits per heavy atom. The fourth-order valence-electron chi connectivity index (χ4n) is 2.48. The first-order valence-electron chi connectivity index (χ1n) is 8.44. The Labute approximate surface area is 176 Å². The number of hydrogen-bond donors (Lipinski definition) is 2. The number of carbonyl (C=O) groups is 2. The first kappa shape index (κ1) is 20.3. The van der Waals surface area contributed by atoms with Crippen LogP contribution in [0, 0.1) is 0 Å². The second kappa shape index (κ2) is 9.19. The van der Waals surface area contributed by atoms with Crippen molar-refractivity contribution in [2.75, 3.05) is 5.32 Å². The zero-order valence-electron chi connectivity index (χ0n) is 15.0. The van der Waals surface area contributed by atoms with Gasteiger partial charge in [-0.3, -0.25) is 14.9 Å². The number of carbonyl (C=O) groups excluding carboxylic acids is 2. The second-order valence-corrected chi connectivity index (χ2v) is 8.06. The van der Waals surface area contributed by atoms with Crippen molar-refractivity contribution in [2.24, 2.45) is 0 Å². The number of benzene rings is 2. The molecule has 0 saturated heterocycles. The van der Waals surface area contributed by atoms with Crippen LogP contribution in [0.4, 0.5) is 5.13 Å². The highest BCUT2D eigenvalue weighted by Gasteiger charge is 2.11. The van der Waals surface area contributed by atoms with E-state index in [1.54, 1.807) is 42.6 Å². The third kappa shape index (κ3) is 5.55. The molecule has 2 N–H and O–H groups in total. The molecular weight excluding hydrogens is 417 g/mol. The summed E-state index contributed by atoms with van der Waals surface area (Å²) in [4.78, 5) is 28.6. The molecule has 0 spiro atoms. The van der Waals surface area contributed by atoms with Crippen LogP contribution in [0.2, 0.25) is 10.0 Å². The summed E-state index contributed by atoms with van der Waals surface area (Å²) >= 11 is 13.6. The number of halogens is 2. The van der Waals surface area contributed by atoms with Crippen LogP contribution in [-0.4, -0.2) is 16.8 Å². The van der Waals surface area contributed by atoms with E-state index in [9.17, 15) is 9.59 Å². The van der Waals surface area contributed by atoms with Crippen molar-refractivity contribution >= 4 is 51.5 Å². The van der Waals surface area contributed by atoms with E-state index < -0.39 is 0 Å². The van der Waals surface area contributed by atoms with Crippen LogP contribution >= 0.6 is 34.5 Å². The Bertz CT molecular complexity index is 1000. The Balaban J connectivity index is 1.62. The number of nitrogens with zero attached hydrogens (tertiary/aromatic N) is 1. The highest BCUT2D eigenvalue weighted by atomic mass is 35.5. The number of hydrogen-bond acceptors (Lipinski definition) is 4. The van der Waals surface area contributed by atoms with Crippen molar-refractivity contribution in [2.45, 2.75) is 19.9 Å².